The number of rotatable bonds is 1. The molecule has 2 heterocycles. The van der Waals surface area contributed by atoms with Gasteiger partial charge in [0.05, 0.1) is 0 Å². The summed E-state index contributed by atoms with van der Waals surface area (Å²) in [6.45, 7) is 1.08. The molecule has 0 saturated carbocycles. The molecular weight excluding hydrogens is 208 g/mol. The van der Waals surface area contributed by atoms with Crippen molar-refractivity contribution in [2.45, 2.75) is 18.9 Å². The third-order valence-corrected chi connectivity index (χ3v) is 2.86. The highest BCUT2D eigenvalue weighted by Gasteiger charge is 2.26. The van der Waals surface area contributed by atoms with Crippen molar-refractivity contribution >= 4 is 6.29 Å². The van der Waals surface area contributed by atoms with Gasteiger partial charge in [-0.15, -0.1) is 0 Å². The van der Waals surface area contributed by atoms with E-state index in [1.807, 2.05) is 12.1 Å². The Morgan fingerprint density at radius 3 is 2.94 bits per heavy atom. The average Bonchev–Trinajstić information content (AvgIpc) is 2.38. The molecule has 0 aromatic heterocycles. The fourth-order valence-electron chi connectivity index (χ4n) is 2.06. The van der Waals surface area contributed by atoms with Gasteiger partial charge in [0.15, 0.2) is 23.9 Å². The van der Waals surface area contributed by atoms with Crippen LogP contribution in [0.15, 0.2) is 12.1 Å². The molecule has 0 N–H and O–H groups in total. The number of hydrogen-bond donors (Lipinski definition) is 0. The molecule has 1 atom stereocenters. The van der Waals surface area contributed by atoms with Crippen LogP contribution in [0.5, 0.6) is 17.2 Å². The van der Waals surface area contributed by atoms with Crippen LogP contribution in [0.25, 0.3) is 0 Å². The first kappa shape index (κ1) is 9.51. The van der Waals surface area contributed by atoms with E-state index >= 15 is 0 Å². The maximum atomic E-state index is 10.7. The minimum absolute atomic E-state index is 0.357. The summed E-state index contributed by atoms with van der Waals surface area (Å²) in [5.41, 5.74) is 1.09. The summed E-state index contributed by atoms with van der Waals surface area (Å²) in [4.78, 5) is 10.7. The molecule has 4 heteroatoms. The Morgan fingerprint density at radius 1 is 1.19 bits per heavy atom. The third-order valence-electron chi connectivity index (χ3n) is 2.86. The lowest BCUT2D eigenvalue weighted by Crippen LogP contribution is -2.25. The highest BCUT2D eigenvalue weighted by atomic mass is 16.6. The van der Waals surface area contributed by atoms with E-state index in [4.69, 9.17) is 14.2 Å². The number of benzene rings is 1. The van der Waals surface area contributed by atoms with Gasteiger partial charge < -0.3 is 14.2 Å². The van der Waals surface area contributed by atoms with Gasteiger partial charge in [-0.3, -0.25) is 4.79 Å². The minimum Gasteiger partial charge on any atom is -0.486 e. The number of fused-ring (bicyclic) bond motifs is 3. The largest absolute Gasteiger partial charge is 0.486 e. The van der Waals surface area contributed by atoms with Crippen molar-refractivity contribution in [1.29, 1.82) is 0 Å². The van der Waals surface area contributed by atoms with Crippen LogP contribution in [0.3, 0.4) is 0 Å². The van der Waals surface area contributed by atoms with Crippen LogP contribution >= 0.6 is 0 Å². The molecule has 0 amide bonds. The van der Waals surface area contributed by atoms with Crippen LogP contribution in [0.2, 0.25) is 0 Å². The molecule has 3 rings (SSSR count). The second-order valence-electron chi connectivity index (χ2n) is 3.91. The van der Waals surface area contributed by atoms with Crippen molar-refractivity contribution in [3.63, 3.8) is 0 Å². The predicted molar refractivity (Wildman–Crippen MR) is 56.2 cm³/mol. The Balaban J connectivity index is 2.04. The van der Waals surface area contributed by atoms with Gasteiger partial charge in [-0.25, -0.2) is 0 Å². The van der Waals surface area contributed by atoms with Crippen LogP contribution in [-0.2, 0) is 11.2 Å². The van der Waals surface area contributed by atoms with E-state index in [1.165, 1.54) is 0 Å². The van der Waals surface area contributed by atoms with Gasteiger partial charge in [0.1, 0.15) is 13.2 Å². The zero-order valence-corrected chi connectivity index (χ0v) is 8.77. The molecule has 16 heavy (non-hydrogen) atoms. The summed E-state index contributed by atoms with van der Waals surface area (Å²) < 4.78 is 16.6. The lowest BCUT2D eigenvalue weighted by Gasteiger charge is -2.27. The van der Waals surface area contributed by atoms with Crippen LogP contribution in [0, 0.1) is 0 Å². The maximum absolute atomic E-state index is 10.7. The molecular formula is C12H12O4. The van der Waals surface area contributed by atoms with Crippen molar-refractivity contribution in [2.75, 3.05) is 13.2 Å². The minimum atomic E-state index is -0.357. The van der Waals surface area contributed by atoms with Gasteiger partial charge >= 0.3 is 0 Å². The Morgan fingerprint density at radius 2 is 2.06 bits per heavy atom. The zero-order valence-electron chi connectivity index (χ0n) is 8.77. The molecule has 1 aromatic carbocycles. The number of ether oxygens (including phenoxy) is 3. The Labute approximate surface area is 93.1 Å². The lowest BCUT2D eigenvalue weighted by atomic mass is 10.0. The molecule has 1 unspecified atom stereocenters. The molecule has 2 aliphatic heterocycles. The molecule has 0 bridgehead atoms. The summed E-state index contributed by atoms with van der Waals surface area (Å²) in [5.74, 6) is 2.03. The molecule has 0 fully saturated rings. The molecule has 1 aromatic rings. The quantitative estimate of drug-likeness (QED) is 0.670. The van der Waals surface area contributed by atoms with E-state index in [0.717, 1.165) is 24.7 Å². The van der Waals surface area contributed by atoms with Gasteiger partial charge in [-0.2, -0.15) is 0 Å². The molecule has 0 spiro atoms. The summed E-state index contributed by atoms with van der Waals surface area (Å²) in [6.07, 6.45) is 2.06. The van der Waals surface area contributed by atoms with E-state index in [1.54, 1.807) is 0 Å². The van der Waals surface area contributed by atoms with Gasteiger partial charge in [0.25, 0.3) is 0 Å². The van der Waals surface area contributed by atoms with Crippen LogP contribution < -0.4 is 14.2 Å². The van der Waals surface area contributed by atoms with E-state index in [-0.39, 0.29) is 6.10 Å². The van der Waals surface area contributed by atoms with Crippen molar-refractivity contribution < 1.29 is 19.0 Å². The highest BCUT2D eigenvalue weighted by Crippen LogP contribution is 2.44. The van der Waals surface area contributed by atoms with Crippen molar-refractivity contribution in [1.82, 2.24) is 0 Å². The summed E-state index contributed by atoms with van der Waals surface area (Å²) in [7, 11) is 0. The van der Waals surface area contributed by atoms with E-state index < -0.39 is 0 Å². The summed E-state index contributed by atoms with van der Waals surface area (Å²) >= 11 is 0. The average molecular weight is 220 g/mol. The number of carbonyl (C=O) groups excluding carboxylic acids is 1. The second-order valence-corrected chi connectivity index (χ2v) is 3.91. The fourth-order valence-corrected chi connectivity index (χ4v) is 2.06. The zero-order chi connectivity index (χ0) is 11.0. The fraction of sp³-hybridized carbons (Fsp3) is 0.417. The Hall–Kier alpha value is -1.71. The van der Waals surface area contributed by atoms with Gasteiger partial charge in [-0.1, -0.05) is 6.07 Å². The lowest BCUT2D eigenvalue weighted by molar-refractivity contribution is -0.114. The Kier molecular flexibility index (Phi) is 2.20. The van der Waals surface area contributed by atoms with E-state index in [2.05, 4.69) is 0 Å². The number of carbonyl (C=O) groups is 1. The normalized spacial score (nSPS) is 21.9. The predicted octanol–water partition coefficient (Wildman–Crippen LogP) is 1.35. The second kappa shape index (κ2) is 3.70. The first-order valence-corrected chi connectivity index (χ1v) is 5.42. The summed E-state index contributed by atoms with van der Waals surface area (Å²) in [5, 5.41) is 0. The summed E-state index contributed by atoms with van der Waals surface area (Å²) in [6, 6.07) is 3.88. The van der Waals surface area contributed by atoms with Crippen molar-refractivity contribution in [3.05, 3.63) is 17.7 Å². The van der Waals surface area contributed by atoms with E-state index in [9.17, 15) is 4.79 Å². The molecule has 0 saturated heterocycles. The smallest absolute Gasteiger partial charge is 0.204 e. The molecule has 4 nitrogen and oxygen atoms in total. The first-order chi connectivity index (χ1) is 7.88. The van der Waals surface area contributed by atoms with Gasteiger partial charge in [-0.05, 0) is 24.5 Å². The molecule has 0 aliphatic carbocycles. The standard InChI is InChI=1S/C12H12O4/c13-7-9-3-1-8-2-4-10-12(11(8)16-9)15-6-5-14-10/h2,4,7,9H,1,3,5-6H2. The number of aryl methyl sites for hydroxylation is 1. The van der Waals surface area contributed by atoms with E-state index in [0.29, 0.717) is 30.5 Å². The molecule has 84 valence electrons. The van der Waals surface area contributed by atoms with Crippen LogP contribution in [-0.4, -0.2) is 25.6 Å². The Bertz CT molecular complexity index is 427. The highest BCUT2D eigenvalue weighted by molar-refractivity contribution is 5.62. The molecule has 2 aliphatic rings. The van der Waals surface area contributed by atoms with Crippen LogP contribution in [0.4, 0.5) is 0 Å². The first-order valence-electron chi connectivity index (χ1n) is 5.42. The van der Waals surface area contributed by atoms with Crippen molar-refractivity contribution in [2.24, 2.45) is 0 Å². The monoisotopic (exact) mass is 220 g/mol. The van der Waals surface area contributed by atoms with Gasteiger partial charge in [0, 0.05) is 0 Å². The van der Waals surface area contributed by atoms with Crippen molar-refractivity contribution in [3.8, 4) is 17.2 Å². The van der Waals surface area contributed by atoms with Crippen LogP contribution in [0.1, 0.15) is 12.0 Å². The molecule has 0 radical (unpaired) electrons. The SMILES string of the molecule is O=CC1CCc2ccc3c(c2O1)OCCO3. The number of aldehydes is 1. The third kappa shape index (κ3) is 1.41. The maximum Gasteiger partial charge on any atom is 0.204 e. The topological polar surface area (TPSA) is 44.8 Å². The number of hydrogen-bond acceptors (Lipinski definition) is 4. The van der Waals surface area contributed by atoms with Gasteiger partial charge in [0.2, 0.25) is 5.75 Å².